The van der Waals surface area contributed by atoms with Gasteiger partial charge in [0.15, 0.2) is 0 Å². The lowest BCUT2D eigenvalue weighted by Crippen LogP contribution is -2.53. The Labute approximate surface area is 114 Å². The van der Waals surface area contributed by atoms with Gasteiger partial charge in [-0.1, -0.05) is 34.1 Å². The lowest BCUT2D eigenvalue weighted by molar-refractivity contribution is 0.0789. The van der Waals surface area contributed by atoms with Crippen molar-refractivity contribution < 1.29 is 0 Å². The average Bonchev–Trinajstić information content (AvgIpc) is 3.13. The van der Waals surface area contributed by atoms with Gasteiger partial charge in [-0.15, -0.1) is 0 Å². The quantitative estimate of drug-likeness (QED) is 0.780. The molecule has 1 N–H and O–H groups in total. The molecule has 0 aromatic rings. The monoisotopic (exact) mass is 252 g/mol. The Kier molecular flexibility index (Phi) is 4.71. The maximum atomic E-state index is 3.79. The third kappa shape index (κ3) is 3.27. The van der Waals surface area contributed by atoms with Crippen molar-refractivity contribution >= 4 is 0 Å². The van der Waals surface area contributed by atoms with E-state index < -0.39 is 0 Å². The number of nitrogens with zero attached hydrogens (tertiary/aromatic N) is 1. The van der Waals surface area contributed by atoms with Gasteiger partial charge in [-0.3, -0.25) is 0 Å². The Balaban J connectivity index is 1.98. The predicted molar refractivity (Wildman–Crippen MR) is 78.9 cm³/mol. The molecule has 0 spiro atoms. The van der Waals surface area contributed by atoms with Crippen molar-refractivity contribution in [1.29, 1.82) is 0 Å². The molecule has 0 amide bonds. The molecule has 2 unspecified atom stereocenters. The van der Waals surface area contributed by atoms with Gasteiger partial charge < -0.3 is 10.2 Å². The summed E-state index contributed by atoms with van der Waals surface area (Å²) in [5.74, 6) is 0.856. The molecule has 106 valence electrons. The maximum Gasteiger partial charge on any atom is 0.0159 e. The van der Waals surface area contributed by atoms with E-state index >= 15 is 0 Å². The average molecular weight is 252 g/mol. The zero-order chi connectivity index (χ0) is 13.2. The van der Waals surface area contributed by atoms with Gasteiger partial charge in [0.25, 0.3) is 0 Å². The molecule has 2 rings (SSSR count). The second-order valence-corrected chi connectivity index (χ2v) is 6.99. The lowest BCUT2D eigenvalue weighted by Gasteiger charge is -2.46. The van der Waals surface area contributed by atoms with Crippen LogP contribution >= 0.6 is 0 Å². The van der Waals surface area contributed by atoms with Crippen LogP contribution in [0.2, 0.25) is 0 Å². The minimum absolute atomic E-state index is 0.474. The fourth-order valence-corrected chi connectivity index (χ4v) is 3.92. The molecule has 0 heterocycles. The second-order valence-electron chi connectivity index (χ2n) is 6.99. The lowest BCUT2D eigenvalue weighted by atomic mass is 9.67. The Morgan fingerprint density at radius 1 is 1.17 bits per heavy atom. The molecule has 0 saturated heterocycles. The van der Waals surface area contributed by atoms with Crippen LogP contribution < -0.4 is 5.32 Å². The third-order valence-electron chi connectivity index (χ3n) is 5.07. The smallest absolute Gasteiger partial charge is 0.0159 e. The summed E-state index contributed by atoms with van der Waals surface area (Å²) in [6.07, 6.45) is 7.11. The molecule has 2 aliphatic carbocycles. The summed E-state index contributed by atoms with van der Waals surface area (Å²) in [6.45, 7) is 13.2. The highest BCUT2D eigenvalue weighted by atomic mass is 15.2. The van der Waals surface area contributed by atoms with Crippen molar-refractivity contribution in [3.05, 3.63) is 0 Å². The van der Waals surface area contributed by atoms with Crippen molar-refractivity contribution in [3.8, 4) is 0 Å². The first-order valence-electron chi connectivity index (χ1n) is 8.06. The summed E-state index contributed by atoms with van der Waals surface area (Å²) in [5, 5.41) is 3.79. The van der Waals surface area contributed by atoms with Crippen LogP contribution in [-0.4, -0.2) is 36.6 Å². The molecule has 2 heteroatoms. The number of hydrogen-bond donors (Lipinski definition) is 1. The van der Waals surface area contributed by atoms with Gasteiger partial charge in [0.05, 0.1) is 0 Å². The summed E-state index contributed by atoms with van der Waals surface area (Å²) < 4.78 is 0. The summed E-state index contributed by atoms with van der Waals surface area (Å²) in [6, 6.07) is 1.63. The maximum absolute atomic E-state index is 3.79. The molecule has 2 saturated carbocycles. The fraction of sp³-hybridized carbons (Fsp3) is 1.00. The molecule has 0 aliphatic heterocycles. The minimum atomic E-state index is 0.474. The number of hydrogen-bond acceptors (Lipinski definition) is 2. The zero-order valence-electron chi connectivity index (χ0n) is 12.8. The van der Waals surface area contributed by atoms with Crippen molar-refractivity contribution in [3.63, 3.8) is 0 Å². The molecule has 0 aromatic carbocycles. The molecule has 2 fully saturated rings. The molecule has 2 aliphatic rings. The molecule has 2 atom stereocenters. The van der Waals surface area contributed by atoms with Crippen LogP contribution in [0.15, 0.2) is 0 Å². The highest BCUT2D eigenvalue weighted by Crippen LogP contribution is 2.40. The molecule has 0 radical (unpaired) electrons. The number of rotatable bonds is 6. The van der Waals surface area contributed by atoms with E-state index in [1.807, 2.05) is 0 Å². The van der Waals surface area contributed by atoms with E-state index in [0.29, 0.717) is 11.5 Å². The first-order valence-corrected chi connectivity index (χ1v) is 8.06. The van der Waals surface area contributed by atoms with Crippen molar-refractivity contribution in [1.82, 2.24) is 10.2 Å². The Bertz CT molecular complexity index is 258. The summed E-state index contributed by atoms with van der Waals surface area (Å²) in [5.41, 5.74) is 0.474. The first-order chi connectivity index (χ1) is 8.58. The van der Waals surface area contributed by atoms with Gasteiger partial charge in [-0.25, -0.2) is 0 Å². The first kappa shape index (κ1) is 14.3. The highest BCUT2D eigenvalue weighted by Gasteiger charge is 2.40. The fourth-order valence-electron chi connectivity index (χ4n) is 3.92. The summed E-state index contributed by atoms with van der Waals surface area (Å²) in [4.78, 5) is 2.73. The van der Waals surface area contributed by atoms with Crippen LogP contribution in [0.25, 0.3) is 0 Å². The van der Waals surface area contributed by atoms with E-state index in [9.17, 15) is 0 Å². The Hall–Kier alpha value is -0.0800. The van der Waals surface area contributed by atoms with Crippen LogP contribution in [0.4, 0.5) is 0 Å². The van der Waals surface area contributed by atoms with Gasteiger partial charge >= 0.3 is 0 Å². The standard InChI is InChI=1S/C16H32N2/c1-5-17-15-13(8-7-11-16(15,3)4)12-18(6-2)14-9-10-14/h13-15,17H,5-12H2,1-4H3. The largest absolute Gasteiger partial charge is 0.313 e. The minimum Gasteiger partial charge on any atom is -0.313 e. The van der Waals surface area contributed by atoms with E-state index in [1.54, 1.807) is 0 Å². The molecular formula is C16H32N2. The SMILES string of the molecule is CCNC1C(CN(CC)C2CC2)CCCC1(C)C. The second kappa shape index (κ2) is 5.92. The predicted octanol–water partition coefficient (Wildman–Crippen LogP) is 3.28. The van der Waals surface area contributed by atoms with Crippen LogP contribution in [0.5, 0.6) is 0 Å². The number of nitrogens with one attached hydrogen (secondary N) is 1. The third-order valence-corrected chi connectivity index (χ3v) is 5.07. The summed E-state index contributed by atoms with van der Waals surface area (Å²) in [7, 11) is 0. The van der Waals surface area contributed by atoms with Crippen LogP contribution in [0, 0.1) is 11.3 Å². The van der Waals surface area contributed by atoms with Gasteiger partial charge in [0.2, 0.25) is 0 Å². The summed E-state index contributed by atoms with van der Waals surface area (Å²) >= 11 is 0. The van der Waals surface area contributed by atoms with Crippen LogP contribution in [0.1, 0.15) is 59.8 Å². The normalized spacial score (nSPS) is 31.8. The molecule has 2 nitrogen and oxygen atoms in total. The van der Waals surface area contributed by atoms with Gasteiger partial charge in [-0.05, 0) is 50.1 Å². The zero-order valence-corrected chi connectivity index (χ0v) is 12.8. The molecular weight excluding hydrogens is 220 g/mol. The van der Waals surface area contributed by atoms with Crippen LogP contribution in [-0.2, 0) is 0 Å². The molecule has 0 aromatic heterocycles. The van der Waals surface area contributed by atoms with Crippen molar-refractivity contribution in [2.45, 2.75) is 71.9 Å². The molecule has 18 heavy (non-hydrogen) atoms. The Morgan fingerprint density at radius 3 is 2.44 bits per heavy atom. The van der Waals surface area contributed by atoms with Crippen LogP contribution in [0.3, 0.4) is 0 Å². The molecule has 0 bridgehead atoms. The van der Waals surface area contributed by atoms with E-state index in [2.05, 4.69) is 37.9 Å². The topological polar surface area (TPSA) is 15.3 Å². The van der Waals surface area contributed by atoms with E-state index in [1.165, 1.54) is 45.2 Å². The van der Waals surface area contributed by atoms with Crippen molar-refractivity contribution in [2.75, 3.05) is 19.6 Å². The Morgan fingerprint density at radius 2 is 1.89 bits per heavy atom. The van der Waals surface area contributed by atoms with Gasteiger partial charge in [0, 0.05) is 18.6 Å². The van der Waals surface area contributed by atoms with Crippen molar-refractivity contribution in [2.24, 2.45) is 11.3 Å². The van der Waals surface area contributed by atoms with E-state index in [4.69, 9.17) is 0 Å². The van der Waals surface area contributed by atoms with Gasteiger partial charge in [-0.2, -0.15) is 0 Å². The van der Waals surface area contributed by atoms with Gasteiger partial charge in [0.1, 0.15) is 0 Å². The van der Waals surface area contributed by atoms with E-state index in [0.717, 1.165) is 18.5 Å². The van der Waals surface area contributed by atoms with E-state index in [-0.39, 0.29) is 0 Å². The highest BCUT2D eigenvalue weighted by molar-refractivity contribution is 4.96.